The number of rotatable bonds is 24. The molecule has 2 aromatic carbocycles. The van der Waals surface area contributed by atoms with Crippen LogP contribution in [-0.4, -0.2) is 174 Å². The summed E-state index contributed by atoms with van der Waals surface area (Å²) in [7, 11) is 5.71. The van der Waals surface area contributed by atoms with Crippen molar-refractivity contribution in [2.45, 2.75) is 173 Å². The number of nitrogens with two attached hydrogens (primary N) is 1. The van der Waals surface area contributed by atoms with E-state index in [0.717, 1.165) is 22.1 Å². The lowest BCUT2D eigenvalue weighted by Crippen LogP contribution is -2.65. The Labute approximate surface area is 526 Å². The van der Waals surface area contributed by atoms with E-state index in [-0.39, 0.29) is 59.4 Å². The highest BCUT2D eigenvalue weighted by Crippen LogP contribution is 2.49. The summed E-state index contributed by atoms with van der Waals surface area (Å²) in [5, 5.41) is 47.7. The largest absolute Gasteiger partial charge is 0.506 e. The van der Waals surface area contributed by atoms with Gasteiger partial charge in [-0.15, -0.1) is 0 Å². The molecular weight excluding hydrogens is 1230 g/mol. The van der Waals surface area contributed by atoms with Crippen molar-refractivity contribution in [3.05, 3.63) is 82.4 Å². The molecule has 2 saturated heterocycles. The highest BCUT2D eigenvalue weighted by molar-refractivity contribution is 9.09. The molecule has 0 saturated carbocycles. The van der Waals surface area contributed by atoms with Gasteiger partial charge in [0.1, 0.15) is 52.5 Å². The minimum absolute atomic E-state index is 0.0290. The van der Waals surface area contributed by atoms with Gasteiger partial charge < -0.3 is 80.5 Å². The molecule has 27 heteroatoms. The normalized spacial score (nSPS) is 25.2. The molecule has 25 nitrogen and oxygen atoms in total. The van der Waals surface area contributed by atoms with E-state index >= 15 is 0 Å². The van der Waals surface area contributed by atoms with Gasteiger partial charge in [-0.1, -0.05) is 78.7 Å². The summed E-state index contributed by atoms with van der Waals surface area (Å²) in [4.78, 5) is 110. The molecule has 2 aromatic rings. The molecule has 3 heterocycles. The lowest BCUT2D eigenvalue weighted by Gasteiger charge is -2.44. The molecule has 0 radical (unpaired) electrons. The zero-order chi connectivity index (χ0) is 65.5. The van der Waals surface area contributed by atoms with E-state index in [1.165, 1.54) is 52.3 Å². The molecule has 12 atom stereocenters. The second-order valence-corrected chi connectivity index (χ2v) is 24.1. The molecule has 0 aliphatic carbocycles. The van der Waals surface area contributed by atoms with Gasteiger partial charge in [0.15, 0.2) is 5.72 Å². The first-order valence-electron chi connectivity index (χ1n) is 29.1. The van der Waals surface area contributed by atoms with Crippen molar-refractivity contribution < 1.29 is 82.1 Å². The summed E-state index contributed by atoms with van der Waals surface area (Å²) < 4.78 is 35.1. The second-order valence-electron chi connectivity index (χ2n) is 23.1. The number of phenols is 1. The van der Waals surface area contributed by atoms with Crippen LogP contribution in [0.25, 0.3) is 0 Å². The molecule has 10 N–H and O–H groups in total. The molecule has 3 aliphatic heterocycles. The maximum absolute atomic E-state index is 14.5. The molecule has 88 heavy (non-hydrogen) atoms. The van der Waals surface area contributed by atoms with Gasteiger partial charge in [0.25, 0.3) is 5.91 Å². The second kappa shape index (κ2) is 32.2. The van der Waals surface area contributed by atoms with Crippen LogP contribution in [0.1, 0.15) is 116 Å². The van der Waals surface area contributed by atoms with Crippen LogP contribution in [0.2, 0.25) is 5.02 Å². The van der Waals surface area contributed by atoms with Gasteiger partial charge in [-0.25, -0.2) is 19.7 Å². The fourth-order valence-corrected chi connectivity index (χ4v) is 11.0. The number of ether oxygens (including phenoxy) is 6. The molecule has 0 aromatic heterocycles. The van der Waals surface area contributed by atoms with E-state index in [4.69, 9.17) is 45.8 Å². The van der Waals surface area contributed by atoms with Crippen molar-refractivity contribution in [1.29, 1.82) is 0 Å². The monoisotopic (exact) mass is 1320 g/mol. The number of unbranched alkanes of at least 4 members (excludes halogenated alkanes) is 1. The number of epoxide rings is 1. The van der Waals surface area contributed by atoms with Crippen LogP contribution >= 0.6 is 27.5 Å². The number of phenolic OH excluding ortho intramolecular Hbond substituents is 1. The fourth-order valence-electron chi connectivity index (χ4n) is 10.4. The van der Waals surface area contributed by atoms with Crippen molar-refractivity contribution in [2.75, 3.05) is 50.4 Å². The van der Waals surface area contributed by atoms with Gasteiger partial charge in [-0.2, -0.15) is 0 Å². The van der Waals surface area contributed by atoms with E-state index < -0.39 is 138 Å². The van der Waals surface area contributed by atoms with Gasteiger partial charge in [-0.05, 0) is 108 Å². The number of nitrogens with one attached hydrogen (secondary N) is 5. The first-order chi connectivity index (χ1) is 41.4. The highest BCUT2D eigenvalue weighted by Gasteiger charge is 2.64. The number of methoxy groups -OCH3 is 2. The van der Waals surface area contributed by atoms with Crippen molar-refractivity contribution in [2.24, 2.45) is 17.6 Å². The Bertz CT molecular complexity index is 2950. The topological polar surface area (TPSA) is 349 Å². The van der Waals surface area contributed by atoms with E-state index in [9.17, 15) is 53.7 Å². The first kappa shape index (κ1) is 72.1. The SMILES string of the molecule is C=C(CBr)C(=O)OC(C)CCCCC(=O)N[C@H](C(=O)N[C@@H](CCCNC(N)=O)C(=O)Nc1ccc(C(=O)N(C)[C@@H](C)C(=O)O[C@H]2CC(=O)N(C)c3cc(cc(OC)c3Cl)C/C(C)=C/C=C/[C@@H](OC)[C@@]3(O)C[C@H](OC(O)N3)[C@@H](C)[C@@H]3O[C@@]23C)cc1O)C(C)C. The number of hydrogen-bond donors (Lipinski definition) is 9. The molecular formula is C61H86BrClN8O17. The van der Waals surface area contributed by atoms with Gasteiger partial charge in [0, 0.05) is 63.0 Å². The third-order valence-electron chi connectivity index (χ3n) is 15.9. The van der Waals surface area contributed by atoms with Crippen LogP contribution < -0.4 is 42.0 Å². The maximum Gasteiger partial charge on any atom is 0.334 e. The number of aliphatic hydroxyl groups is 2. The lowest BCUT2D eigenvalue weighted by molar-refractivity contribution is -0.271. The van der Waals surface area contributed by atoms with Crippen LogP contribution in [0.3, 0.4) is 0 Å². The molecule has 486 valence electrons. The molecule has 5 rings (SSSR count). The first-order valence-corrected chi connectivity index (χ1v) is 30.6. The fraction of sp³-hybridized carbons (Fsp3) is 0.574. The number of anilines is 2. The molecule has 4 bridgehead atoms. The van der Waals surface area contributed by atoms with Gasteiger partial charge in [0.2, 0.25) is 30.0 Å². The van der Waals surface area contributed by atoms with Crippen LogP contribution in [0.4, 0.5) is 16.2 Å². The van der Waals surface area contributed by atoms with E-state index in [1.54, 1.807) is 58.9 Å². The average molecular weight is 1320 g/mol. The summed E-state index contributed by atoms with van der Waals surface area (Å²) in [5.41, 5.74) is 3.97. The average Bonchev–Trinajstić information content (AvgIpc) is 1.58. The number of fused-ring (bicyclic) bond motifs is 5. The molecule has 2 fully saturated rings. The van der Waals surface area contributed by atoms with Crippen LogP contribution in [0, 0.1) is 11.8 Å². The summed E-state index contributed by atoms with van der Waals surface area (Å²) in [5.74, 6) is -5.94. The van der Waals surface area contributed by atoms with E-state index in [1.807, 2.05) is 13.0 Å². The standard InChI is InChI=1S/C61H86BrClN8O17/c1-32(2)51(68-48(73)21-14-13-18-35(5)85-56(78)34(4)31-62)54(76)67-41(19-16-24-65-58(64)80)53(75)66-40-23-22-39(28-43(40)72)55(77)70(9)37(7)57(79)87-47-29-49(74)71(10)42-26-38(27-44(83-11)50(42)63)25-33(3)17-15-20-46(84-12)61(82)30-45(86-59(81)69-61)36(6)52-60(47,8)88-52/h15,17,20,22-23,26-28,32,35-37,41,45-47,51-52,59,69,72,81-82H,4,13-14,16,18-19,21,24-25,29-31H2,1-3,5-12H3,(H,66,75)(H,67,76)(H,68,73)(H3,64,65,80)/b20-15+,33-17+/t35?,36-,37+,41+,45+,46-,47+,51+,52+,59?,60+,61+/m1/s1. The Morgan fingerprint density at radius 2 is 1.74 bits per heavy atom. The summed E-state index contributed by atoms with van der Waals surface area (Å²) >= 11 is 10.0. The number of aliphatic hydroxyl groups excluding tert-OH is 1. The number of benzene rings is 2. The highest BCUT2D eigenvalue weighted by atomic mass is 79.9. The number of likely N-dealkylation sites (N-methyl/N-ethyl adjacent to an activating group) is 1. The number of primary amides is 1. The quantitative estimate of drug-likeness (QED) is 0.0164. The van der Waals surface area contributed by atoms with Crippen molar-refractivity contribution in [3.63, 3.8) is 0 Å². The molecule has 2 unspecified atom stereocenters. The van der Waals surface area contributed by atoms with Crippen LogP contribution in [0.15, 0.2) is 66.3 Å². The van der Waals surface area contributed by atoms with Gasteiger partial charge in [-0.3, -0.25) is 24.0 Å². The van der Waals surface area contributed by atoms with E-state index in [2.05, 4.69) is 49.1 Å². The third kappa shape index (κ3) is 19.2. The van der Waals surface area contributed by atoms with Crippen molar-refractivity contribution in [1.82, 2.24) is 26.2 Å². The Morgan fingerprint density at radius 1 is 1.03 bits per heavy atom. The number of hydrogen-bond acceptors (Lipinski definition) is 18. The van der Waals surface area contributed by atoms with Crippen LogP contribution in [-0.2, 0) is 58.9 Å². The molecule has 0 spiro atoms. The number of halogens is 2. The number of carbonyl (C=O) groups is 8. The van der Waals surface area contributed by atoms with Crippen molar-refractivity contribution in [3.8, 4) is 11.5 Å². The Morgan fingerprint density at radius 3 is 2.38 bits per heavy atom. The zero-order valence-electron chi connectivity index (χ0n) is 51.7. The predicted molar refractivity (Wildman–Crippen MR) is 330 cm³/mol. The Balaban J connectivity index is 1.32. The van der Waals surface area contributed by atoms with Gasteiger partial charge in [0.05, 0.1) is 43.2 Å². The summed E-state index contributed by atoms with van der Waals surface area (Å²) in [6.45, 7) is 15.6. The predicted octanol–water partition coefficient (Wildman–Crippen LogP) is 5.15. The minimum Gasteiger partial charge on any atom is -0.506 e. The number of allylic oxidation sites excluding steroid dienone is 3. The number of alkyl halides is 1. The van der Waals surface area contributed by atoms with Crippen molar-refractivity contribution >= 4 is 86.4 Å². The molecule has 7 amide bonds. The van der Waals surface area contributed by atoms with E-state index in [0.29, 0.717) is 37.1 Å². The number of carbonyl (C=O) groups excluding carboxylic acids is 8. The third-order valence-corrected chi connectivity index (χ3v) is 17.0. The number of aromatic hydroxyl groups is 1. The number of esters is 2. The lowest BCUT2D eigenvalue weighted by atomic mass is 9.83. The summed E-state index contributed by atoms with van der Waals surface area (Å²) in [6.07, 6.45) is 0.776. The minimum atomic E-state index is -1.83. The smallest absolute Gasteiger partial charge is 0.334 e. The van der Waals surface area contributed by atoms with Crippen LogP contribution in [0.5, 0.6) is 11.5 Å². The maximum atomic E-state index is 14.5. The molecule has 3 aliphatic rings. The number of nitrogens with zero attached hydrogens (tertiary/aromatic N) is 2. The Hall–Kier alpha value is -6.65. The number of urea groups is 1. The van der Waals surface area contributed by atoms with Gasteiger partial charge >= 0.3 is 18.0 Å². The zero-order valence-corrected chi connectivity index (χ0v) is 54.1. The summed E-state index contributed by atoms with van der Waals surface area (Å²) in [6, 6.07) is 2.63. The Kier molecular flexibility index (Phi) is 26.4. The number of amides is 7.